The van der Waals surface area contributed by atoms with Gasteiger partial charge in [-0.2, -0.15) is 4.98 Å². The van der Waals surface area contributed by atoms with E-state index in [4.69, 9.17) is 4.52 Å². The van der Waals surface area contributed by atoms with E-state index in [1.807, 2.05) is 24.3 Å². The van der Waals surface area contributed by atoms with Crippen molar-refractivity contribution in [2.75, 3.05) is 4.72 Å². The summed E-state index contributed by atoms with van der Waals surface area (Å²) in [5, 5.41) is 4.11. The van der Waals surface area contributed by atoms with E-state index in [-0.39, 0.29) is 16.0 Å². The molecule has 2 aromatic heterocycles. The van der Waals surface area contributed by atoms with Crippen molar-refractivity contribution in [3.63, 3.8) is 0 Å². The van der Waals surface area contributed by atoms with Gasteiger partial charge in [-0.1, -0.05) is 28.1 Å². The Morgan fingerprint density at radius 2 is 2.00 bits per heavy atom. The maximum atomic E-state index is 12.2. The number of nitrogens with one attached hydrogen (secondary N) is 1. The predicted octanol–water partition coefficient (Wildman–Crippen LogP) is 3.06. The van der Waals surface area contributed by atoms with E-state index in [0.717, 1.165) is 21.4 Å². The normalized spacial score (nSPS) is 11.5. The lowest BCUT2D eigenvalue weighted by atomic mass is 10.2. The molecule has 3 rings (SSSR count). The zero-order chi connectivity index (χ0) is 15.7. The van der Waals surface area contributed by atoms with Crippen LogP contribution in [0.2, 0.25) is 0 Å². The van der Waals surface area contributed by atoms with Crippen molar-refractivity contribution in [2.24, 2.45) is 0 Å². The van der Waals surface area contributed by atoms with E-state index in [1.165, 1.54) is 6.20 Å². The summed E-state index contributed by atoms with van der Waals surface area (Å²) in [6.45, 7) is 1.57. The Hall–Kier alpha value is -1.78. The van der Waals surface area contributed by atoms with Gasteiger partial charge in [-0.3, -0.25) is 0 Å². The van der Waals surface area contributed by atoms with Gasteiger partial charge < -0.3 is 4.52 Å². The van der Waals surface area contributed by atoms with Gasteiger partial charge >= 0.3 is 0 Å². The summed E-state index contributed by atoms with van der Waals surface area (Å²) < 4.78 is 32.5. The number of nitrogens with zero attached hydrogens (tertiary/aromatic N) is 3. The number of anilines is 1. The van der Waals surface area contributed by atoms with E-state index < -0.39 is 10.0 Å². The van der Waals surface area contributed by atoms with Gasteiger partial charge in [0.2, 0.25) is 5.89 Å². The lowest BCUT2D eigenvalue weighted by Crippen LogP contribution is -2.12. The first-order valence-corrected chi connectivity index (χ1v) is 9.08. The van der Waals surface area contributed by atoms with Gasteiger partial charge in [0.1, 0.15) is 5.01 Å². The van der Waals surface area contributed by atoms with Crippen LogP contribution >= 0.6 is 27.3 Å². The molecule has 0 aliphatic carbocycles. The van der Waals surface area contributed by atoms with Crippen molar-refractivity contribution in [2.45, 2.75) is 11.1 Å². The molecule has 2 heterocycles. The van der Waals surface area contributed by atoms with E-state index in [2.05, 4.69) is 35.8 Å². The van der Waals surface area contributed by atoms with Crippen LogP contribution in [0.4, 0.5) is 5.95 Å². The second-order valence-electron chi connectivity index (χ2n) is 4.23. The number of hydrogen-bond donors (Lipinski definition) is 1. The minimum atomic E-state index is -3.78. The molecule has 0 saturated carbocycles. The van der Waals surface area contributed by atoms with Crippen LogP contribution in [0.25, 0.3) is 10.6 Å². The van der Waals surface area contributed by atoms with Crippen LogP contribution in [0.5, 0.6) is 0 Å². The van der Waals surface area contributed by atoms with Crippen LogP contribution in [-0.2, 0) is 10.0 Å². The summed E-state index contributed by atoms with van der Waals surface area (Å²) in [4.78, 5) is 7.96. The zero-order valence-electron chi connectivity index (χ0n) is 11.1. The van der Waals surface area contributed by atoms with E-state index >= 15 is 0 Å². The first kappa shape index (κ1) is 15.1. The van der Waals surface area contributed by atoms with E-state index in [0.29, 0.717) is 5.01 Å². The molecule has 3 aromatic rings. The molecular weight excluding hydrogens is 392 g/mol. The second-order valence-corrected chi connectivity index (χ2v) is 8.09. The highest BCUT2D eigenvalue weighted by Gasteiger charge is 2.20. The molecule has 0 saturated heterocycles. The molecule has 7 nitrogen and oxygen atoms in total. The summed E-state index contributed by atoms with van der Waals surface area (Å²) in [5.74, 6) is 0.175. The molecule has 10 heteroatoms. The van der Waals surface area contributed by atoms with Crippen molar-refractivity contribution in [3.05, 3.63) is 40.8 Å². The van der Waals surface area contributed by atoms with Gasteiger partial charge in [0.25, 0.3) is 16.0 Å². The summed E-state index contributed by atoms with van der Waals surface area (Å²) in [6, 6.07) is 7.45. The largest absolute Gasteiger partial charge is 0.338 e. The summed E-state index contributed by atoms with van der Waals surface area (Å²) in [5.41, 5.74) is 0.838. The Kier molecular flexibility index (Phi) is 3.98. The number of sulfonamides is 1. The van der Waals surface area contributed by atoms with Crippen LogP contribution in [0, 0.1) is 6.92 Å². The fourth-order valence-electron chi connectivity index (χ4n) is 1.62. The van der Waals surface area contributed by atoms with Crippen molar-refractivity contribution < 1.29 is 12.9 Å². The van der Waals surface area contributed by atoms with Crippen molar-refractivity contribution >= 4 is 43.2 Å². The molecule has 0 atom stereocenters. The molecule has 0 aliphatic rings. The SMILES string of the molecule is Cc1nc(NS(=O)(=O)c2cnc(-c3ccc(Br)cc3)s2)no1. The van der Waals surface area contributed by atoms with E-state index in [1.54, 1.807) is 6.92 Å². The molecule has 1 aromatic carbocycles. The first-order chi connectivity index (χ1) is 10.4. The first-order valence-electron chi connectivity index (χ1n) is 5.99. The van der Waals surface area contributed by atoms with Gasteiger partial charge in [0.15, 0.2) is 4.21 Å². The lowest BCUT2D eigenvalue weighted by molar-refractivity contribution is 0.395. The smallest absolute Gasteiger partial charge is 0.277 e. The monoisotopic (exact) mass is 400 g/mol. The highest BCUT2D eigenvalue weighted by atomic mass is 79.9. The number of aryl methyl sites for hydroxylation is 1. The maximum Gasteiger partial charge on any atom is 0.277 e. The van der Waals surface area contributed by atoms with Crippen molar-refractivity contribution in [1.29, 1.82) is 0 Å². The van der Waals surface area contributed by atoms with Gasteiger partial charge in [0, 0.05) is 17.0 Å². The fourth-order valence-corrected chi connectivity index (χ4v) is 3.96. The fraction of sp³-hybridized carbons (Fsp3) is 0.0833. The quantitative estimate of drug-likeness (QED) is 0.722. The highest BCUT2D eigenvalue weighted by molar-refractivity contribution is 9.10. The maximum absolute atomic E-state index is 12.2. The number of thiazole rings is 1. The van der Waals surface area contributed by atoms with Gasteiger partial charge in [-0.15, -0.1) is 11.3 Å². The third-order valence-electron chi connectivity index (χ3n) is 2.59. The van der Waals surface area contributed by atoms with Gasteiger partial charge in [0.05, 0.1) is 6.20 Å². The number of rotatable bonds is 4. The molecule has 0 radical (unpaired) electrons. The Bertz CT molecular complexity index is 903. The topological polar surface area (TPSA) is 98.0 Å². The molecule has 0 bridgehead atoms. The Morgan fingerprint density at radius 3 is 2.64 bits per heavy atom. The third-order valence-corrected chi connectivity index (χ3v) is 5.96. The minimum Gasteiger partial charge on any atom is -0.338 e. The standard InChI is InChI=1S/C12H9BrN4O3S2/c1-7-15-12(16-20-7)17-22(18,19)10-6-14-11(21-10)8-2-4-9(13)5-3-8/h2-6H,1H3,(H,16,17). The Labute approximate surface area is 138 Å². The van der Waals surface area contributed by atoms with Crippen LogP contribution in [0.3, 0.4) is 0 Å². The molecule has 22 heavy (non-hydrogen) atoms. The molecule has 0 spiro atoms. The summed E-state index contributed by atoms with van der Waals surface area (Å²) in [7, 11) is -3.78. The van der Waals surface area contributed by atoms with Crippen LogP contribution in [0.1, 0.15) is 5.89 Å². The van der Waals surface area contributed by atoms with Crippen LogP contribution < -0.4 is 4.72 Å². The molecule has 0 fully saturated rings. The second kappa shape index (κ2) is 5.78. The summed E-state index contributed by atoms with van der Waals surface area (Å²) in [6.07, 6.45) is 1.30. The molecular formula is C12H9BrN4O3S2. The zero-order valence-corrected chi connectivity index (χ0v) is 14.4. The van der Waals surface area contributed by atoms with Gasteiger partial charge in [-0.05, 0) is 17.3 Å². The average Bonchev–Trinajstić information content (AvgIpc) is 3.09. The van der Waals surface area contributed by atoms with Crippen molar-refractivity contribution in [1.82, 2.24) is 15.1 Å². The lowest BCUT2D eigenvalue weighted by Gasteiger charge is -1.99. The predicted molar refractivity (Wildman–Crippen MR) is 85.1 cm³/mol. The number of halogens is 1. The summed E-state index contributed by atoms with van der Waals surface area (Å²) >= 11 is 4.41. The molecule has 0 unspecified atom stereocenters. The molecule has 0 amide bonds. The third kappa shape index (κ3) is 3.18. The number of hydrogen-bond acceptors (Lipinski definition) is 7. The molecule has 1 N–H and O–H groups in total. The van der Waals surface area contributed by atoms with E-state index in [9.17, 15) is 8.42 Å². The minimum absolute atomic E-state index is 0.0767. The number of benzene rings is 1. The van der Waals surface area contributed by atoms with Crippen molar-refractivity contribution in [3.8, 4) is 10.6 Å². The van der Waals surface area contributed by atoms with Gasteiger partial charge in [-0.25, -0.2) is 18.1 Å². The van der Waals surface area contributed by atoms with Crippen LogP contribution in [-0.4, -0.2) is 23.5 Å². The Morgan fingerprint density at radius 1 is 1.27 bits per heavy atom. The van der Waals surface area contributed by atoms with Crippen LogP contribution in [0.15, 0.2) is 43.7 Å². The Balaban J connectivity index is 1.87. The average molecular weight is 401 g/mol. The highest BCUT2D eigenvalue weighted by Crippen LogP contribution is 2.29. The molecule has 114 valence electrons. The molecule has 0 aliphatic heterocycles. The number of aromatic nitrogens is 3.